The molecule has 3 nitrogen and oxygen atoms in total. The molecule has 1 aliphatic heterocycles. The summed E-state index contributed by atoms with van der Waals surface area (Å²) in [5.41, 5.74) is 0.814. The van der Waals surface area contributed by atoms with Crippen LogP contribution in [0.25, 0.3) is 0 Å². The van der Waals surface area contributed by atoms with E-state index < -0.39 is 0 Å². The van der Waals surface area contributed by atoms with Gasteiger partial charge in [-0.2, -0.15) is 11.8 Å². The molecule has 1 aliphatic carbocycles. The molecule has 2 aliphatic rings. The first kappa shape index (κ1) is 19.1. The molecule has 1 aromatic rings. The quantitative estimate of drug-likeness (QED) is 0.693. The Labute approximate surface area is 160 Å². The zero-order valence-corrected chi connectivity index (χ0v) is 16.7. The average molecular weight is 381 g/mol. The number of amides is 1. The smallest absolute Gasteiger partial charge is 0.230 e. The Morgan fingerprint density at radius 1 is 1.36 bits per heavy atom. The van der Waals surface area contributed by atoms with E-state index in [0.717, 1.165) is 36.5 Å². The topological polar surface area (TPSA) is 32.3 Å². The van der Waals surface area contributed by atoms with E-state index in [1.807, 2.05) is 36.0 Å². The Bertz CT molecular complexity index is 574. The van der Waals surface area contributed by atoms with Crippen LogP contribution in [-0.2, 0) is 10.2 Å². The van der Waals surface area contributed by atoms with Crippen molar-refractivity contribution in [1.29, 1.82) is 0 Å². The van der Waals surface area contributed by atoms with Crippen LogP contribution in [0.15, 0.2) is 24.3 Å². The van der Waals surface area contributed by atoms with Crippen LogP contribution in [0, 0.1) is 5.92 Å². The zero-order valence-electron chi connectivity index (χ0n) is 15.1. The number of nitrogens with zero attached hydrogens (tertiary/aromatic N) is 1. The first-order valence-corrected chi connectivity index (χ1v) is 11.2. The largest absolute Gasteiger partial charge is 0.355 e. The van der Waals surface area contributed by atoms with E-state index in [2.05, 4.69) is 16.5 Å². The van der Waals surface area contributed by atoms with E-state index in [-0.39, 0.29) is 11.3 Å². The molecule has 1 N–H and O–H groups in total. The lowest BCUT2D eigenvalue weighted by Crippen LogP contribution is -2.43. The number of carbonyl (C=O) groups is 1. The fraction of sp³-hybridized carbons (Fsp3) is 0.650. The third kappa shape index (κ3) is 4.93. The van der Waals surface area contributed by atoms with Gasteiger partial charge < -0.3 is 10.2 Å². The molecule has 25 heavy (non-hydrogen) atoms. The Kier molecular flexibility index (Phi) is 6.70. The van der Waals surface area contributed by atoms with Crippen LogP contribution in [-0.4, -0.2) is 49.0 Å². The van der Waals surface area contributed by atoms with Crippen molar-refractivity contribution in [3.8, 4) is 0 Å². The van der Waals surface area contributed by atoms with E-state index in [4.69, 9.17) is 11.6 Å². The van der Waals surface area contributed by atoms with Gasteiger partial charge in [0.15, 0.2) is 0 Å². The summed E-state index contributed by atoms with van der Waals surface area (Å²) in [5.74, 6) is 2.03. The van der Waals surface area contributed by atoms with Crippen molar-refractivity contribution in [3.63, 3.8) is 0 Å². The molecule has 0 radical (unpaired) electrons. The number of likely N-dealkylation sites (tertiary alicyclic amines) is 1. The van der Waals surface area contributed by atoms with Crippen LogP contribution in [0.3, 0.4) is 0 Å². The van der Waals surface area contributed by atoms with Crippen molar-refractivity contribution in [2.45, 2.75) is 37.5 Å². The van der Waals surface area contributed by atoms with Crippen molar-refractivity contribution in [2.75, 3.05) is 38.2 Å². The monoisotopic (exact) mass is 380 g/mol. The molecule has 1 unspecified atom stereocenters. The minimum Gasteiger partial charge on any atom is -0.355 e. The number of rotatable bonds is 8. The van der Waals surface area contributed by atoms with Gasteiger partial charge in [0.25, 0.3) is 0 Å². The van der Waals surface area contributed by atoms with Crippen LogP contribution in [0.4, 0.5) is 0 Å². The fourth-order valence-corrected chi connectivity index (χ4v) is 4.44. The lowest BCUT2D eigenvalue weighted by atomic mass is 9.93. The number of hydrogen-bond acceptors (Lipinski definition) is 3. The van der Waals surface area contributed by atoms with Gasteiger partial charge in [-0.1, -0.05) is 23.7 Å². The highest BCUT2D eigenvalue weighted by Crippen LogP contribution is 2.48. The average Bonchev–Trinajstić information content (AvgIpc) is 3.43. The maximum atomic E-state index is 12.8. The molecule has 1 amide bonds. The zero-order chi connectivity index (χ0) is 17.7. The molecule has 1 heterocycles. The van der Waals surface area contributed by atoms with E-state index in [9.17, 15) is 4.79 Å². The number of piperidine rings is 1. The molecule has 5 heteroatoms. The van der Waals surface area contributed by atoms with Gasteiger partial charge in [0.05, 0.1) is 5.41 Å². The Morgan fingerprint density at radius 3 is 2.80 bits per heavy atom. The van der Waals surface area contributed by atoms with Crippen LogP contribution in [0.5, 0.6) is 0 Å². The van der Waals surface area contributed by atoms with Gasteiger partial charge in [0.2, 0.25) is 5.91 Å². The summed E-state index contributed by atoms with van der Waals surface area (Å²) in [6, 6.07) is 7.78. The Balaban J connectivity index is 1.48. The van der Waals surface area contributed by atoms with Crippen LogP contribution >= 0.6 is 23.4 Å². The van der Waals surface area contributed by atoms with Crippen molar-refractivity contribution in [3.05, 3.63) is 34.9 Å². The fourth-order valence-electron chi connectivity index (χ4n) is 3.90. The maximum Gasteiger partial charge on any atom is 0.230 e. The Hall–Kier alpha value is -0.710. The standard InChI is InChI=1S/C20H29ClN2OS/c1-25-13-3-12-23-11-2-4-16(15-23)14-22-19(24)20(9-10-20)17-5-7-18(21)8-6-17/h5-8,16H,2-4,9-15H2,1H3,(H,22,24). The number of hydrogen-bond donors (Lipinski definition) is 1. The second-order valence-electron chi connectivity index (χ2n) is 7.45. The normalized spacial score (nSPS) is 22.6. The third-order valence-electron chi connectivity index (χ3n) is 5.56. The number of benzene rings is 1. The predicted octanol–water partition coefficient (Wildman–Crippen LogP) is 3.95. The third-order valence-corrected chi connectivity index (χ3v) is 6.51. The molecule has 0 bridgehead atoms. The number of halogens is 1. The van der Waals surface area contributed by atoms with Crippen molar-refractivity contribution in [2.24, 2.45) is 5.92 Å². The Morgan fingerprint density at radius 2 is 2.12 bits per heavy atom. The van der Waals surface area contributed by atoms with Gasteiger partial charge in [0, 0.05) is 18.1 Å². The van der Waals surface area contributed by atoms with Crippen LogP contribution in [0.1, 0.15) is 37.7 Å². The highest BCUT2D eigenvalue weighted by molar-refractivity contribution is 7.98. The lowest BCUT2D eigenvalue weighted by molar-refractivity contribution is -0.123. The molecule has 3 rings (SSSR count). The number of nitrogens with one attached hydrogen (secondary N) is 1. The van der Waals surface area contributed by atoms with Gasteiger partial charge in [0.1, 0.15) is 0 Å². The summed E-state index contributed by atoms with van der Waals surface area (Å²) in [6.45, 7) is 4.35. The second kappa shape index (κ2) is 8.79. The maximum absolute atomic E-state index is 12.8. The number of carbonyl (C=O) groups excluding carboxylic acids is 1. The SMILES string of the molecule is CSCCCN1CCCC(CNC(=O)C2(c3ccc(Cl)cc3)CC2)C1. The van der Waals surface area contributed by atoms with E-state index in [0.29, 0.717) is 5.92 Å². The summed E-state index contributed by atoms with van der Waals surface area (Å²) < 4.78 is 0. The molecular weight excluding hydrogens is 352 g/mol. The first-order chi connectivity index (χ1) is 12.1. The molecule has 1 aromatic carbocycles. The summed E-state index contributed by atoms with van der Waals surface area (Å²) in [7, 11) is 0. The minimum atomic E-state index is -0.294. The minimum absolute atomic E-state index is 0.203. The summed E-state index contributed by atoms with van der Waals surface area (Å²) in [5, 5.41) is 3.98. The number of thioether (sulfide) groups is 1. The molecule has 1 saturated heterocycles. The van der Waals surface area contributed by atoms with Gasteiger partial charge in [-0.3, -0.25) is 4.79 Å². The molecule has 1 saturated carbocycles. The predicted molar refractivity (Wildman–Crippen MR) is 108 cm³/mol. The van der Waals surface area contributed by atoms with Gasteiger partial charge in [-0.25, -0.2) is 0 Å². The van der Waals surface area contributed by atoms with Crippen molar-refractivity contribution in [1.82, 2.24) is 10.2 Å². The van der Waals surface area contributed by atoms with Gasteiger partial charge in [-0.05, 0) is 80.8 Å². The van der Waals surface area contributed by atoms with E-state index in [1.165, 1.54) is 38.1 Å². The van der Waals surface area contributed by atoms with Crippen LogP contribution in [0.2, 0.25) is 5.02 Å². The van der Waals surface area contributed by atoms with Crippen molar-refractivity contribution < 1.29 is 4.79 Å². The van der Waals surface area contributed by atoms with Crippen molar-refractivity contribution >= 4 is 29.3 Å². The van der Waals surface area contributed by atoms with E-state index >= 15 is 0 Å². The van der Waals surface area contributed by atoms with Gasteiger partial charge >= 0.3 is 0 Å². The van der Waals surface area contributed by atoms with Gasteiger partial charge in [-0.15, -0.1) is 0 Å². The first-order valence-electron chi connectivity index (χ1n) is 9.40. The molecule has 0 spiro atoms. The lowest BCUT2D eigenvalue weighted by Gasteiger charge is -2.33. The van der Waals surface area contributed by atoms with E-state index in [1.54, 1.807) is 0 Å². The summed E-state index contributed by atoms with van der Waals surface area (Å²) >= 11 is 7.90. The summed E-state index contributed by atoms with van der Waals surface area (Å²) in [4.78, 5) is 15.4. The molecule has 1 atom stereocenters. The second-order valence-corrected chi connectivity index (χ2v) is 8.88. The van der Waals surface area contributed by atoms with Crippen LogP contribution < -0.4 is 5.32 Å². The molecule has 2 fully saturated rings. The highest BCUT2D eigenvalue weighted by atomic mass is 35.5. The molecule has 138 valence electrons. The molecule has 0 aromatic heterocycles. The molecular formula is C20H29ClN2OS. The summed E-state index contributed by atoms with van der Waals surface area (Å²) in [6.07, 6.45) is 7.82. The highest BCUT2D eigenvalue weighted by Gasteiger charge is 2.51.